The number of rotatable bonds is 4. The monoisotopic (exact) mass is 1300 g/mol. The van der Waals surface area contributed by atoms with Gasteiger partial charge in [-0.15, -0.1) is 0 Å². The average molecular weight is 1310 g/mol. The highest BCUT2D eigenvalue weighted by Gasteiger charge is 2.56. The lowest BCUT2D eigenvalue weighted by Gasteiger charge is -2.46. The van der Waals surface area contributed by atoms with Crippen LogP contribution in [0.25, 0.3) is 99.5 Å². The first kappa shape index (κ1) is 38.6. The zero-order chi connectivity index (χ0) is 85.5. The van der Waals surface area contributed by atoms with Gasteiger partial charge in [0.05, 0.1) is 74.4 Å². The smallest absolute Gasteiger partial charge is 0.252 e. The summed E-state index contributed by atoms with van der Waals surface area (Å²) in [5.74, 6) is 0. The van der Waals surface area contributed by atoms with E-state index in [0.717, 1.165) is 87.0 Å². The summed E-state index contributed by atoms with van der Waals surface area (Å²) in [6.45, 7) is 4.50. The van der Waals surface area contributed by atoms with Crippen molar-refractivity contribution >= 4 is 101 Å². The second kappa shape index (κ2) is 19.7. The molecule has 17 aromatic rings. The van der Waals surface area contributed by atoms with Gasteiger partial charge in [0.25, 0.3) is 6.71 Å². The molecule has 0 fully saturated rings. The molecular formula is C96H63BN4. The van der Waals surface area contributed by atoms with Crippen LogP contribution < -0.4 is 26.2 Å². The van der Waals surface area contributed by atoms with E-state index in [1.54, 1.807) is 0 Å². The molecule has 0 atom stereocenters. The van der Waals surface area contributed by atoms with E-state index in [0.29, 0.717) is 44.9 Å². The zero-order valence-corrected chi connectivity index (χ0v) is 54.3. The molecule has 15 aromatic carbocycles. The lowest BCUT2D eigenvalue weighted by molar-refractivity contribution is 0.590. The van der Waals surface area contributed by atoms with Crippen LogP contribution in [0.4, 0.5) is 34.1 Å². The molecule has 2 aromatic heterocycles. The summed E-state index contributed by atoms with van der Waals surface area (Å²) in [7, 11) is 0. The number of hydrogen-bond donors (Lipinski definition) is 0. The Morgan fingerprint density at radius 2 is 0.614 bits per heavy atom. The summed E-state index contributed by atoms with van der Waals surface area (Å²) in [5.41, 5.74) is 10.9. The number of anilines is 6. The molecule has 0 unspecified atom stereocenters. The Morgan fingerprint density at radius 3 is 0.960 bits per heavy atom. The van der Waals surface area contributed by atoms with E-state index in [2.05, 4.69) is 84.9 Å². The van der Waals surface area contributed by atoms with Gasteiger partial charge in [0.1, 0.15) is 0 Å². The van der Waals surface area contributed by atoms with E-state index in [9.17, 15) is 24.7 Å². The first-order chi connectivity index (χ1) is 59.0. The molecular weight excluding hydrogens is 1220 g/mol. The van der Waals surface area contributed by atoms with Gasteiger partial charge in [-0.25, -0.2) is 0 Å². The van der Waals surface area contributed by atoms with Crippen molar-refractivity contribution < 1.29 is 30.2 Å². The van der Waals surface area contributed by atoms with Crippen molar-refractivity contribution in [2.75, 3.05) is 9.80 Å². The molecule has 0 radical (unpaired) electrons. The summed E-state index contributed by atoms with van der Waals surface area (Å²) in [6, 6.07) is 49.9. The van der Waals surface area contributed by atoms with E-state index in [1.165, 1.54) is 0 Å². The second-order valence-corrected chi connectivity index (χ2v) is 28.0. The number of benzene rings is 15. The van der Waals surface area contributed by atoms with Crippen molar-refractivity contribution in [2.45, 2.75) is 37.0 Å². The molecule has 0 saturated carbocycles. The van der Waals surface area contributed by atoms with E-state index in [-0.39, 0.29) is 43.8 Å². The number of aromatic nitrogens is 2. The summed E-state index contributed by atoms with van der Waals surface area (Å²) in [5, 5.41) is -1.37. The Bertz CT molecular complexity index is 7260. The first-order valence-electron chi connectivity index (χ1n) is 44.9. The van der Waals surface area contributed by atoms with E-state index < -0.39 is 189 Å². The van der Waals surface area contributed by atoms with Crippen molar-refractivity contribution in [1.82, 2.24) is 9.13 Å². The van der Waals surface area contributed by atoms with Crippen molar-refractivity contribution in [3.8, 4) is 55.9 Å². The molecule has 2 spiro atoms. The Kier molecular flexibility index (Phi) is 7.53. The Labute approximate surface area is 617 Å². The van der Waals surface area contributed by atoms with Crippen LogP contribution in [0.3, 0.4) is 0 Å². The predicted molar refractivity (Wildman–Crippen MR) is 420 cm³/mol. The first-order valence-corrected chi connectivity index (χ1v) is 33.9. The third kappa shape index (κ3) is 6.87. The van der Waals surface area contributed by atoms with Gasteiger partial charge in [-0.3, -0.25) is 0 Å². The quantitative estimate of drug-likeness (QED) is 0.163. The third-order valence-electron chi connectivity index (χ3n) is 22.4. The number of fused-ring (bicyclic) bond motifs is 30. The lowest BCUT2D eigenvalue weighted by Crippen LogP contribution is -2.61. The van der Waals surface area contributed by atoms with Crippen molar-refractivity contribution in [1.29, 1.82) is 0 Å². The minimum absolute atomic E-state index is 0.131. The van der Waals surface area contributed by atoms with Crippen LogP contribution in [0, 0.1) is 0 Å². The van der Waals surface area contributed by atoms with Gasteiger partial charge in [-0.2, -0.15) is 0 Å². The van der Waals surface area contributed by atoms with Crippen LogP contribution in [0.5, 0.6) is 0 Å². The molecule has 23 rings (SSSR count). The highest BCUT2D eigenvalue weighted by atomic mass is 15.2. The molecule has 0 N–H and O–H groups in total. The standard InChI is InChI=1S/C96H63BN4/c1-94(2,3)58-54-89-93-90(55-58)101(86-49-25-43-78-92(86)70-35-9-19-41-76(70)96(78)73-38-16-6-28-63(73)64-29-7-17-39-74(64)96)88-57-60(99-83-46-22-12-32-67(83)68-33-13-23-47-84(68)99)51-53-80(88)97(93)79-52-50-59(98-81-44-20-10-30-65(81)66-31-11-21-45-82(66)98)56-87(79)100(89)85-48-24-42-77-91(85)69-34-8-18-40-75(69)95(77)71-36-14-4-26-61(71)62-27-5-15-37-72(62)95/h4-57H,1-3H3/i10D,11D,12D,13D,20D,21D,22D,23D,30D,31D,32D,33D,44D,45D,46D,47D,50D,51D,52D,53D,56D,57D. The molecule has 4 heterocycles. The van der Waals surface area contributed by atoms with Gasteiger partial charge in [0, 0.05) is 66.8 Å². The minimum atomic E-state index is -1.61. The van der Waals surface area contributed by atoms with Crippen LogP contribution in [0.1, 0.15) is 101 Å². The molecule has 0 bridgehead atoms. The molecule has 0 saturated heterocycles. The minimum Gasteiger partial charge on any atom is -0.311 e. The van der Waals surface area contributed by atoms with Crippen molar-refractivity contribution in [3.63, 3.8) is 0 Å². The molecule has 470 valence electrons. The van der Waals surface area contributed by atoms with E-state index in [1.807, 2.05) is 140 Å². The maximum atomic E-state index is 11.7. The highest BCUT2D eigenvalue weighted by Crippen LogP contribution is 2.67. The number of hydrogen-bond acceptors (Lipinski definition) is 2. The maximum Gasteiger partial charge on any atom is 0.252 e. The lowest BCUT2D eigenvalue weighted by atomic mass is 9.33. The van der Waals surface area contributed by atoms with Gasteiger partial charge in [0.2, 0.25) is 0 Å². The normalized spacial score (nSPS) is 17.6. The van der Waals surface area contributed by atoms with Crippen molar-refractivity contribution in [2.24, 2.45) is 0 Å². The van der Waals surface area contributed by atoms with Crippen LogP contribution in [-0.4, -0.2) is 15.8 Å². The molecule has 101 heavy (non-hydrogen) atoms. The Balaban J connectivity index is 0.936. The fraction of sp³-hybridized carbons (Fsp3) is 0.0625. The van der Waals surface area contributed by atoms with E-state index >= 15 is 0 Å². The summed E-state index contributed by atoms with van der Waals surface area (Å²) < 4.78 is 222. The SMILES string of the molecule is [2H]c1c([2H])c(-n2c3c([2H])c([2H])c([2H])c([2H])c3c3c([2H])c([2H])c([2H])c([2H])c32)c([2H])c2c1B1c3c(cc(C(C)(C)C)cc3N(c3cccc4c3-c3ccccc3C43c4ccccc4-c4ccccc43)c3c([2H])c(-n4c5c([2H])c([2H])c([2H])c([2H])c5c5c([2H])c([2H])c([2H])c([2H])c54)c([2H])c([2H])c31)N2c1cccc2c1-c1ccccc1C21c2ccccc2-c2ccccc21. The fourth-order valence-electron chi connectivity index (χ4n) is 18.6. The van der Waals surface area contributed by atoms with E-state index in [4.69, 9.17) is 5.48 Å². The average Bonchev–Trinajstić information content (AvgIpc) is 1.65. The van der Waals surface area contributed by atoms with Gasteiger partial charge in [0.15, 0.2) is 0 Å². The van der Waals surface area contributed by atoms with Crippen LogP contribution in [-0.2, 0) is 16.2 Å². The third-order valence-corrected chi connectivity index (χ3v) is 22.4. The van der Waals surface area contributed by atoms with Gasteiger partial charge in [-0.05, 0) is 178 Å². The molecule has 4 nitrogen and oxygen atoms in total. The topological polar surface area (TPSA) is 16.3 Å². The van der Waals surface area contributed by atoms with Gasteiger partial charge >= 0.3 is 0 Å². The maximum absolute atomic E-state index is 11.7. The predicted octanol–water partition coefficient (Wildman–Crippen LogP) is 21.9. The largest absolute Gasteiger partial charge is 0.311 e. The summed E-state index contributed by atoms with van der Waals surface area (Å²) in [6.07, 6.45) is 0. The molecule has 2 aliphatic heterocycles. The summed E-state index contributed by atoms with van der Waals surface area (Å²) in [4.78, 5) is 3.80. The van der Waals surface area contributed by atoms with Crippen LogP contribution >= 0.6 is 0 Å². The zero-order valence-electron chi connectivity index (χ0n) is 76.3. The molecule has 6 aliphatic rings. The van der Waals surface area contributed by atoms with Gasteiger partial charge < -0.3 is 18.9 Å². The van der Waals surface area contributed by atoms with Gasteiger partial charge in [-0.1, -0.05) is 275 Å². The molecule has 4 aliphatic carbocycles. The highest BCUT2D eigenvalue weighted by molar-refractivity contribution is 7.00. The Morgan fingerprint density at radius 1 is 0.307 bits per heavy atom. The fourth-order valence-corrected chi connectivity index (χ4v) is 18.6. The molecule has 0 amide bonds. The number of para-hydroxylation sites is 4. The van der Waals surface area contributed by atoms with Crippen LogP contribution in [0.2, 0.25) is 0 Å². The van der Waals surface area contributed by atoms with Crippen molar-refractivity contribution in [3.05, 3.63) is 377 Å². The number of nitrogens with zero attached hydrogens (tertiary/aromatic N) is 4. The summed E-state index contributed by atoms with van der Waals surface area (Å²) >= 11 is 0. The molecule has 5 heteroatoms. The van der Waals surface area contributed by atoms with Crippen LogP contribution in [0.15, 0.2) is 327 Å². The Hall–Kier alpha value is -12.4. The second-order valence-electron chi connectivity index (χ2n) is 28.0.